The molecule has 3 fully saturated rings. The largest absolute Gasteiger partial charge is 0.352 e. The van der Waals surface area contributed by atoms with Crippen LogP contribution in [0.3, 0.4) is 0 Å². The van der Waals surface area contributed by atoms with E-state index in [-0.39, 0.29) is 42.6 Å². The zero-order valence-corrected chi connectivity index (χ0v) is 29.7. The Morgan fingerprint density at radius 1 is 0.882 bits per heavy atom. The summed E-state index contributed by atoms with van der Waals surface area (Å²) < 4.78 is 0. The van der Waals surface area contributed by atoms with Crippen LogP contribution in [-0.4, -0.2) is 83.4 Å². The number of nitrogens with zero attached hydrogens (tertiary/aromatic N) is 3. The second-order valence-electron chi connectivity index (χ2n) is 14.4. The van der Waals surface area contributed by atoms with Crippen molar-refractivity contribution in [2.24, 2.45) is 0 Å². The quantitative estimate of drug-likeness (QED) is 0.307. The summed E-state index contributed by atoms with van der Waals surface area (Å²) in [6, 6.07) is 24.1. The average molecular weight is 711 g/mol. The van der Waals surface area contributed by atoms with E-state index in [0.29, 0.717) is 50.6 Å². The first-order valence-corrected chi connectivity index (χ1v) is 18.7. The molecule has 3 aromatic rings. The zero-order valence-electron chi connectivity index (χ0n) is 29.0. The molecule has 1 spiro atoms. The number of fused-ring (bicyclic) bond motifs is 1. The van der Waals surface area contributed by atoms with Gasteiger partial charge in [0.15, 0.2) is 0 Å². The Balaban J connectivity index is 1.07. The van der Waals surface area contributed by atoms with Gasteiger partial charge >= 0.3 is 0 Å². The fourth-order valence-corrected chi connectivity index (χ4v) is 8.54. The Labute approximate surface area is 304 Å². The van der Waals surface area contributed by atoms with Gasteiger partial charge in [0.05, 0.1) is 12.7 Å². The maximum absolute atomic E-state index is 14.4. The Hall–Kier alpha value is -4.41. The van der Waals surface area contributed by atoms with Gasteiger partial charge < -0.3 is 30.7 Å². The Morgan fingerprint density at radius 2 is 1.57 bits per heavy atom. The van der Waals surface area contributed by atoms with Gasteiger partial charge in [0.1, 0.15) is 18.1 Å². The van der Waals surface area contributed by atoms with E-state index in [0.717, 1.165) is 42.5 Å². The molecule has 0 aromatic heterocycles. The van der Waals surface area contributed by atoms with Crippen LogP contribution >= 0.6 is 11.6 Å². The molecule has 3 heterocycles. The lowest BCUT2D eigenvalue weighted by atomic mass is 9.85. The predicted molar refractivity (Wildman–Crippen MR) is 197 cm³/mol. The molecule has 268 valence electrons. The van der Waals surface area contributed by atoms with E-state index in [1.807, 2.05) is 66.7 Å². The summed E-state index contributed by atoms with van der Waals surface area (Å²) in [5.74, 6) is -0.634. The Kier molecular flexibility index (Phi) is 10.6. The van der Waals surface area contributed by atoms with E-state index in [1.54, 1.807) is 15.9 Å². The highest BCUT2D eigenvalue weighted by molar-refractivity contribution is 6.31. The number of nitrogens with one attached hydrogen (secondary N) is 3. The Bertz CT molecular complexity index is 1740. The first kappa shape index (κ1) is 35.0. The number of likely N-dealkylation sites (tertiary alicyclic amines) is 1. The maximum atomic E-state index is 14.4. The molecular formula is C40H47ClN6O4. The van der Waals surface area contributed by atoms with Crippen molar-refractivity contribution in [3.8, 4) is 0 Å². The molecular weight excluding hydrogens is 664 g/mol. The van der Waals surface area contributed by atoms with Crippen molar-refractivity contribution in [2.75, 3.05) is 31.2 Å². The van der Waals surface area contributed by atoms with Gasteiger partial charge in [-0.25, -0.2) is 0 Å². The number of hydrogen-bond acceptors (Lipinski definition) is 6. The highest BCUT2D eigenvalue weighted by Crippen LogP contribution is 2.39. The van der Waals surface area contributed by atoms with Crippen molar-refractivity contribution < 1.29 is 19.2 Å². The third-order valence-corrected chi connectivity index (χ3v) is 11.6. The zero-order chi connectivity index (χ0) is 35.4. The van der Waals surface area contributed by atoms with E-state index in [4.69, 9.17) is 11.6 Å². The fraction of sp³-hybridized carbons (Fsp3) is 0.450. The fourth-order valence-electron chi connectivity index (χ4n) is 8.33. The van der Waals surface area contributed by atoms with Gasteiger partial charge in [0.2, 0.25) is 17.7 Å². The highest BCUT2D eigenvalue weighted by Gasteiger charge is 2.54. The minimum Gasteiger partial charge on any atom is -0.352 e. The van der Waals surface area contributed by atoms with E-state index in [1.165, 1.54) is 12.0 Å². The van der Waals surface area contributed by atoms with Crippen LogP contribution in [0.4, 0.5) is 5.69 Å². The van der Waals surface area contributed by atoms with E-state index in [2.05, 4.69) is 26.9 Å². The van der Waals surface area contributed by atoms with Crippen molar-refractivity contribution in [3.63, 3.8) is 0 Å². The lowest BCUT2D eigenvalue weighted by Gasteiger charge is -2.44. The molecule has 0 bridgehead atoms. The summed E-state index contributed by atoms with van der Waals surface area (Å²) in [5, 5.41) is 10.1. The minimum atomic E-state index is -0.885. The number of benzene rings is 3. The van der Waals surface area contributed by atoms with Gasteiger partial charge in [0, 0.05) is 42.8 Å². The minimum absolute atomic E-state index is 0.00861. The lowest BCUT2D eigenvalue weighted by Crippen LogP contribution is -2.60. The number of piperidine rings is 1. The molecule has 4 aliphatic rings. The number of anilines is 1. The number of rotatable bonds is 9. The van der Waals surface area contributed by atoms with Crippen molar-refractivity contribution in [3.05, 3.63) is 101 Å². The van der Waals surface area contributed by atoms with Crippen molar-refractivity contribution in [2.45, 2.75) is 88.0 Å². The molecule has 4 amide bonds. The topological polar surface area (TPSA) is 114 Å². The van der Waals surface area contributed by atoms with Gasteiger partial charge in [-0.3, -0.25) is 19.2 Å². The number of para-hydroxylation sites is 1. The van der Waals surface area contributed by atoms with Gasteiger partial charge in [-0.15, -0.1) is 0 Å². The van der Waals surface area contributed by atoms with Crippen LogP contribution in [0.25, 0.3) is 0 Å². The molecule has 3 aromatic carbocycles. The summed E-state index contributed by atoms with van der Waals surface area (Å²) in [4.78, 5) is 61.1. The molecule has 1 aliphatic carbocycles. The van der Waals surface area contributed by atoms with Crippen LogP contribution in [-0.2, 0) is 38.6 Å². The van der Waals surface area contributed by atoms with Gasteiger partial charge in [-0.05, 0) is 67.0 Å². The maximum Gasteiger partial charge on any atom is 0.250 e. The summed E-state index contributed by atoms with van der Waals surface area (Å²) in [5.41, 5.74) is 3.09. The lowest BCUT2D eigenvalue weighted by molar-refractivity contribution is -0.141. The molecule has 11 heteroatoms. The molecule has 51 heavy (non-hydrogen) atoms. The van der Waals surface area contributed by atoms with E-state index in [9.17, 15) is 19.2 Å². The SMILES string of the molecule is O=C(CN1CN(c2ccccc2)C2(CCN(C(=O)[C@@H](Cc3ccccc3Cl)NC(=O)[C@H]3Cc4ccccc4CN3)CC2)C1=O)NC1CCCCC1. The van der Waals surface area contributed by atoms with E-state index >= 15 is 0 Å². The summed E-state index contributed by atoms with van der Waals surface area (Å²) in [7, 11) is 0. The van der Waals surface area contributed by atoms with Crippen LogP contribution in [0, 0.1) is 0 Å². The molecule has 2 saturated heterocycles. The third kappa shape index (κ3) is 7.62. The normalized spacial score (nSPS) is 20.9. The van der Waals surface area contributed by atoms with Gasteiger partial charge in [-0.1, -0.05) is 91.5 Å². The van der Waals surface area contributed by atoms with Crippen molar-refractivity contribution >= 4 is 40.9 Å². The smallest absolute Gasteiger partial charge is 0.250 e. The predicted octanol–water partition coefficient (Wildman–Crippen LogP) is 4.20. The van der Waals surface area contributed by atoms with Crippen LogP contribution < -0.4 is 20.9 Å². The highest BCUT2D eigenvalue weighted by atomic mass is 35.5. The van der Waals surface area contributed by atoms with Crippen LogP contribution in [0.2, 0.25) is 5.02 Å². The first-order valence-electron chi connectivity index (χ1n) is 18.3. The molecule has 0 unspecified atom stereocenters. The summed E-state index contributed by atoms with van der Waals surface area (Å²) in [6.07, 6.45) is 6.97. The summed E-state index contributed by atoms with van der Waals surface area (Å²) >= 11 is 6.55. The van der Waals surface area contributed by atoms with Gasteiger partial charge in [-0.2, -0.15) is 0 Å². The van der Waals surface area contributed by atoms with Crippen LogP contribution in [0.1, 0.15) is 61.6 Å². The van der Waals surface area contributed by atoms with Crippen LogP contribution in [0.15, 0.2) is 78.9 Å². The standard InChI is InChI=1S/C40H47ClN6O4/c41-33-18-10-9-12-29(33)24-35(44-37(49)34-23-28-11-7-8-13-30(28)25-42-34)38(50)45-21-19-40(20-22-45)39(51)46(27-47(40)32-16-5-2-6-17-32)26-36(48)43-31-14-3-1-4-15-31/h2,5-13,16-18,31,34-35,42H,1,3-4,14-15,19-27H2,(H,43,48)(H,44,49)/t34-,35-/m1/s1. The number of carbonyl (C=O) groups excluding carboxylic acids is 4. The molecule has 10 nitrogen and oxygen atoms in total. The molecule has 0 radical (unpaired) electrons. The second-order valence-corrected chi connectivity index (χ2v) is 14.8. The molecule has 3 aliphatic heterocycles. The third-order valence-electron chi connectivity index (χ3n) is 11.2. The van der Waals surface area contributed by atoms with Crippen molar-refractivity contribution in [1.82, 2.24) is 25.8 Å². The van der Waals surface area contributed by atoms with Crippen molar-refractivity contribution in [1.29, 1.82) is 0 Å². The average Bonchev–Trinajstić information content (AvgIpc) is 3.41. The summed E-state index contributed by atoms with van der Waals surface area (Å²) in [6.45, 7) is 1.56. The van der Waals surface area contributed by atoms with Crippen LogP contribution in [0.5, 0.6) is 0 Å². The molecule has 3 N–H and O–H groups in total. The number of hydrogen-bond donors (Lipinski definition) is 3. The molecule has 1 saturated carbocycles. The molecule has 2 atom stereocenters. The van der Waals surface area contributed by atoms with Gasteiger partial charge in [0.25, 0.3) is 5.91 Å². The second kappa shape index (κ2) is 15.5. The number of carbonyl (C=O) groups is 4. The molecule has 7 rings (SSSR count). The van der Waals surface area contributed by atoms with E-state index < -0.39 is 17.6 Å². The monoisotopic (exact) mass is 710 g/mol. The Morgan fingerprint density at radius 3 is 2.31 bits per heavy atom. The number of halogens is 1. The number of amides is 4. The first-order chi connectivity index (χ1) is 24.8.